The van der Waals surface area contributed by atoms with Crippen LogP contribution in [0.25, 0.3) is 0 Å². The summed E-state index contributed by atoms with van der Waals surface area (Å²) in [5.74, 6) is 0. The van der Waals surface area contributed by atoms with E-state index in [4.69, 9.17) is 17.3 Å². The molecule has 66 valence electrons. The van der Waals surface area contributed by atoms with Gasteiger partial charge in [0.2, 0.25) is 0 Å². The number of nitrogen functional groups attached to an aromatic ring is 1. The SMILES string of the molecule is Cc1cc(N)c(Cl)cc1N(C)C. The van der Waals surface area contributed by atoms with Crippen molar-refractivity contribution in [3.63, 3.8) is 0 Å². The predicted molar refractivity (Wildman–Crippen MR) is 54.9 cm³/mol. The molecule has 0 fully saturated rings. The molecule has 1 rings (SSSR count). The van der Waals surface area contributed by atoms with Crippen LogP contribution in [-0.2, 0) is 0 Å². The summed E-state index contributed by atoms with van der Waals surface area (Å²) in [4.78, 5) is 2.01. The monoisotopic (exact) mass is 184 g/mol. The fraction of sp³-hybridized carbons (Fsp3) is 0.333. The van der Waals surface area contributed by atoms with Crippen LogP contribution in [0.2, 0.25) is 5.02 Å². The van der Waals surface area contributed by atoms with Gasteiger partial charge >= 0.3 is 0 Å². The number of anilines is 2. The Bertz CT molecular complexity index is 295. The molecule has 0 spiro atoms. The summed E-state index contributed by atoms with van der Waals surface area (Å²) >= 11 is 5.88. The number of aryl methyl sites for hydroxylation is 1. The number of nitrogens with two attached hydrogens (primary N) is 1. The number of halogens is 1. The number of rotatable bonds is 1. The van der Waals surface area contributed by atoms with Crippen molar-refractivity contribution in [1.29, 1.82) is 0 Å². The van der Waals surface area contributed by atoms with E-state index in [-0.39, 0.29) is 0 Å². The number of hydrogen-bond acceptors (Lipinski definition) is 2. The largest absolute Gasteiger partial charge is 0.398 e. The van der Waals surface area contributed by atoms with E-state index < -0.39 is 0 Å². The van der Waals surface area contributed by atoms with Crippen LogP contribution >= 0.6 is 11.6 Å². The molecule has 1 aromatic rings. The third-order valence-corrected chi connectivity index (χ3v) is 2.12. The van der Waals surface area contributed by atoms with Gasteiger partial charge in [-0.25, -0.2) is 0 Å². The highest BCUT2D eigenvalue weighted by molar-refractivity contribution is 6.33. The number of hydrogen-bond donors (Lipinski definition) is 1. The maximum Gasteiger partial charge on any atom is 0.0656 e. The molecule has 0 aliphatic rings. The van der Waals surface area contributed by atoms with Crippen molar-refractivity contribution < 1.29 is 0 Å². The Balaban J connectivity index is 3.23. The van der Waals surface area contributed by atoms with Gasteiger partial charge in [0.05, 0.1) is 10.7 Å². The smallest absolute Gasteiger partial charge is 0.0656 e. The molecular weight excluding hydrogens is 172 g/mol. The Morgan fingerprint density at radius 1 is 1.33 bits per heavy atom. The molecule has 1 aromatic carbocycles. The Morgan fingerprint density at radius 2 is 1.92 bits per heavy atom. The number of nitrogens with zero attached hydrogens (tertiary/aromatic N) is 1. The highest BCUT2D eigenvalue weighted by Gasteiger charge is 2.04. The third-order valence-electron chi connectivity index (χ3n) is 1.80. The average Bonchev–Trinajstić information content (AvgIpc) is 1.96. The van der Waals surface area contributed by atoms with E-state index in [9.17, 15) is 0 Å². The first-order chi connectivity index (χ1) is 5.52. The lowest BCUT2D eigenvalue weighted by atomic mass is 10.1. The van der Waals surface area contributed by atoms with Gasteiger partial charge in [0.15, 0.2) is 0 Å². The molecule has 0 atom stereocenters. The first-order valence-corrected chi connectivity index (χ1v) is 4.13. The van der Waals surface area contributed by atoms with Crippen molar-refractivity contribution in [2.24, 2.45) is 0 Å². The Labute approximate surface area is 77.9 Å². The van der Waals surface area contributed by atoms with Crippen molar-refractivity contribution in [2.45, 2.75) is 6.92 Å². The summed E-state index contributed by atoms with van der Waals surface area (Å²) < 4.78 is 0. The van der Waals surface area contributed by atoms with Gasteiger partial charge in [-0.15, -0.1) is 0 Å². The molecule has 0 saturated carbocycles. The molecule has 0 heterocycles. The molecule has 0 unspecified atom stereocenters. The molecule has 3 heteroatoms. The first kappa shape index (κ1) is 9.20. The lowest BCUT2D eigenvalue weighted by Crippen LogP contribution is -2.10. The van der Waals surface area contributed by atoms with E-state index in [2.05, 4.69) is 0 Å². The minimum atomic E-state index is 0.615. The van der Waals surface area contributed by atoms with Gasteiger partial charge in [0.1, 0.15) is 0 Å². The molecule has 0 bridgehead atoms. The minimum Gasteiger partial charge on any atom is -0.398 e. The van der Waals surface area contributed by atoms with E-state index in [0.717, 1.165) is 11.3 Å². The van der Waals surface area contributed by atoms with Crippen LogP contribution in [0.15, 0.2) is 12.1 Å². The van der Waals surface area contributed by atoms with E-state index in [1.165, 1.54) is 0 Å². The highest BCUT2D eigenvalue weighted by Crippen LogP contribution is 2.27. The molecule has 0 radical (unpaired) electrons. The Hall–Kier alpha value is -0.890. The molecule has 0 aliphatic carbocycles. The van der Waals surface area contributed by atoms with Gasteiger partial charge in [-0.3, -0.25) is 0 Å². The van der Waals surface area contributed by atoms with Gasteiger partial charge in [-0.2, -0.15) is 0 Å². The summed E-state index contributed by atoms with van der Waals surface area (Å²) in [5, 5.41) is 0.615. The standard InChI is InChI=1S/C9H13ClN2/c1-6-4-8(11)7(10)5-9(6)12(2)3/h4-5H,11H2,1-3H3. The predicted octanol–water partition coefficient (Wildman–Crippen LogP) is 2.30. The zero-order chi connectivity index (χ0) is 9.30. The summed E-state index contributed by atoms with van der Waals surface area (Å²) in [6.45, 7) is 2.02. The number of benzene rings is 1. The summed E-state index contributed by atoms with van der Waals surface area (Å²) in [6.07, 6.45) is 0. The molecular formula is C9H13ClN2. The lowest BCUT2D eigenvalue weighted by Gasteiger charge is -2.16. The second-order valence-corrected chi connectivity index (χ2v) is 3.46. The maximum absolute atomic E-state index is 5.88. The minimum absolute atomic E-state index is 0.615. The Kier molecular flexibility index (Phi) is 2.48. The van der Waals surface area contributed by atoms with E-state index >= 15 is 0 Å². The van der Waals surface area contributed by atoms with E-state index in [1.807, 2.05) is 38.1 Å². The average molecular weight is 185 g/mol. The van der Waals surface area contributed by atoms with Crippen molar-refractivity contribution in [3.8, 4) is 0 Å². The van der Waals surface area contributed by atoms with Crippen molar-refractivity contribution in [2.75, 3.05) is 24.7 Å². The van der Waals surface area contributed by atoms with Gasteiger partial charge in [0, 0.05) is 19.8 Å². The van der Waals surface area contributed by atoms with Crippen LogP contribution in [0, 0.1) is 6.92 Å². The van der Waals surface area contributed by atoms with Crippen LogP contribution in [0.5, 0.6) is 0 Å². The van der Waals surface area contributed by atoms with Crippen molar-refractivity contribution in [3.05, 3.63) is 22.7 Å². The summed E-state index contributed by atoms with van der Waals surface area (Å²) in [7, 11) is 3.96. The van der Waals surface area contributed by atoms with Crippen LogP contribution in [0.3, 0.4) is 0 Å². The van der Waals surface area contributed by atoms with Gasteiger partial charge < -0.3 is 10.6 Å². The van der Waals surface area contributed by atoms with Crippen molar-refractivity contribution >= 4 is 23.0 Å². The second kappa shape index (κ2) is 3.23. The quantitative estimate of drug-likeness (QED) is 0.679. The topological polar surface area (TPSA) is 29.3 Å². The van der Waals surface area contributed by atoms with Crippen molar-refractivity contribution in [1.82, 2.24) is 0 Å². The first-order valence-electron chi connectivity index (χ1n) is 3.75. The van der Waals surface area contributed by atoms with Crippen LogP contribution < -0.4 is 10.6 Å². The molecule has 2 nitrogen and oxygen atoms in total. The molecule has 0 amide bonds. The third kappa shape index (κ3) is 1.64. The normalized spacial score (nSPS) is 10.0. The van der Waals surface area contributed by atoms with E-state index in [1.54, 1.807) is 0 Å². The van der Waals surface area contributed by atoms with Gasteiger partial charge in [0.25, 0.3) is 0 Å². The lowest BCUT2D eigenvalue weighted by molar-refractivity contribution is 1.11. The zero-order valence-electron chi connectivity index (χ0n) is 7.56. The molecule has 0 aromatic heterocycles. The van der Waals surface area contributed by atoms with Crippen LogP contribution in [-0.4, -0.2) is 14.1 Å². The van der Waals surface area contributed by atoms with E-state index in [0.29, 0.717) is 10.7 Å². The fourth-order valence-electron chi connectivity index (χ4n) is 1.18. The molecule has 0 aliphatic heterocycles. The second-order valence-electron chi connectivity index (χ2n) is 3.05. The maximum atomic E-state index is 5.88. The molecule has 2 N–H and O–H groups in total. The van der Waals surface area contributed by atoms with Crippen LogP contribution in [0.4, 0.5) is 11.4 Å². The summed E-state index contributed by atoms with van der Waals surface area (Å²) in [6, 6.07) is 3.77. The van der Waals surface area contributed by atoms with Crippen LogP contribution in [0.1, 0.15) is 5.56 Å². The van der Waals surface area contributed by atoms with Gasteiger partial charge in [-0.05, 0) is 24.6 Å². The highest BCUT2D eigenvalue weighted by atomic mass is 35.5. The molecule has 12 heavy (non-hydrogen) atoms. The summed E-state index contributed by atoms with van der Waals surface area (Å²) in [5.41, 5.74) is 8.52. The Morgan fingerprint density at radius 3 is 2.42 bits per heavy atom. The molecule has 0 saturated heterocycles. The van der Waals surface area contributed by atoms with Gasteiger partial charge in [-0.1, -0.05) is 11.6 Å². The zero-order valence-corrected chi connectivity index (χ0v) is 8.31. The fourth-order valence-corrected chi connectivity index (χ4v) is 1.33.